The summed E-state index contributed by atoms with van der Waals surface area (Å²) in [6.07, 6.45) is 7.08. The molecule has 2 N–H and O–H groups in total. The minimum atomic E-state index is -0.337. The average Bonchev–Trinajstić information content (AvgIpc) is 2.75. The molecule has 124 valence electrons. The molecule has 8 atom stereocenters. The van der Waals surface area contributed by atoms with Gasteiger partial charge in [0, 0.05) is 11.8 Å². The van der Waals surface area contributed by atoms with Gasteiger partial charge in [0.25, 0.3) is 0 Å². The van der Waals surface area contributed by atoms with Gasteiger partial charge in [-0.25, -0.2) is 0 Å². The summed E-state index contributed by atoms with van der Waals surface area (Å²) in [5.41, 5.74) is -0.105. The van der Waals surface area contributed by atoms with Crippen molar-refractivity contribution < 1.29 is 15.0 Å². The molecule has 0 saturated heterocycles. The van der Waals surface area contributed by atoms with Crippen LogP contribution >= 0.6 is 0 Å². The first-order chi connectivity index (χ1) is 10.4. The maximum atomic E-state index is 12.4. The fourth-order valence-electron chi connectivity index (χ4n) is 7.13. The summed E-state index contributed by atoms with van der Waals surface area (Å²) in [6, 6.07) is 0. The van der Waals surface area contributed by atoms with E-state index in [0.29, 0.717) is 35.9 Å². The topological polar surface area (TPSA) is 57.5 Å². The highest BCUT2D eigenvalue weighted by Crippen LogP contribution is 2.65. The van der Waals surface area contributed by atoms with E-state index in [0.717, 1.165) is 38.5 Å². The standard InChI is InChI=1S/C19H30O3/c1-18-8-7-12(20)9-11(18)3-4-13-14-5-6-16(22)19(14,2)10-15(21)17(13)18/h11-15,17,20-21H,3-10H2,1-2H3/t11-,12-,13-,14+,15+,17+,18+,19+/m1/s1. The van der Waals surface area contributed by atoms with E-state index in [2.05, 4.69) is 13.8 Å². The third-order valence-corrected chi connectivity index (χ3v) is 8.28. The highest BCUT2D eigenvalue weighted by atomic mass is 16.3. The van der Waals surface area contributed by atoms with Crippen molar-refractivity contribution >= 4 is 5.78 Å². The number of carbonyl (C=O) groups excluding carboxylic acids is 1. The van der Waals surface area contributed by atoms with Crippen molar-refractivity contribution in [3.63, 3.8) is 0 Å². The number of hydrogen-bond donors (Lipinski definition) is 2. The van der Waals surface area contributed by atoms with Gasteiger partial charge in [-0.3, -0.25) is 4.79 Å². The van der Waals surface area contributed by atoms with E-state index in [1.54, 1.807) is 0 Å². The molecular weight excluding hydrogens is 276 g/mol. The predicted molar refractivity (Wildman–Crippen MR) is 84.1 cm³/mol. The fraction of sp³-hybridized carbons (Fsp3) is 0.947. The first-order valence-corrected chi connectivity index (χ1v) is 9.25. The van der Waals surface area contributed by atoms with E-state index in [1.165, 1.54) is 6.42 Å². The quantitative estimate of drug-likeness (QED) is 0.723. The second-order valence-electron chi connectivity index (χ2n) is 9.16. The smallest absolute Gasteiger partial charge is 0.139 e. The Morgan fingerprint density at radius 1 is 1.09 bits per heavy atom. The van der Waals surface area contributed by atoms with E-state index in [-0.39, 0.29) is 23.0 Å². The molecule has 0 aliphatic heterocycles. The molecule has 4 aliphatic rings. The molecule has 0 spiro atoms. The Morgan fingerprint density at radius 3 is 2.64 bits per heavy atom. The van der Waals surface area contributed by atoms with Crippen LogP contribution in [-0.4, -0.2) is 28.2 Å². The monoisotopic (exact) mass is 306 g/mol. The van der Waals surface area contributed by atoms with Crippen LogP contribution in [0.3, 0.4) is 0 Å². The van der Waals surface area contributed by atoms with Gasteiger partial charge in [-0.2, -0.15) is 0 Å². The zero-order chi connectivity index (χ0) is 15.7. The number of aliphatic hydroxyl groups is 2. The van der Waals surface area contributed by atoms with E-state index >= 15 is 0 Å². The average molecular weight is 306 g/mol. The molecule has 0 aromatic carbocycles. The highest BCUT2D eigenvalue weighted by Gasteiger charge is 2.63. The molecular formula is C19H30O3. The summed E-state index contributed by atoms with van der Waals surface area (Å²) in [7, 11) is 0. The van der Waals surface area contributed by atoms with Crippen molar-refractivity contribution in [1.82, 2.24) is 0 Å². The third-order valence-electron chi connectivity index (χ3n) is 8.28. The lowest BCUT2D eigenvalue weighted by molar-refractivity contribution is -0.175. The van der Waals surface area contributed by atoms with E-state index in [1.807, 2.05) is 0 Å². The predicted octanol–water partition coefficient (Wildman–Crippen LogP) is 2.93. The van der Waals surface area contributed by atoms with E-state index < -0.39 is 0 Å². The van der Waals surface area contributed by atoms with Gasteiger partial charge < -0.3 is 10.2 Å². The number of aliphatic hydroxyl groups excluding tert-OH is 2. The van der Waals surface area contributed by atoms with Crippen LogP contribution in [0.4, 0.5) is 0 Å². The van der Waals surface area contributed by atoms with Crippen molar-refractivity contribution in [2.45, 2.75) is 77.4 Å². The third kappa shape index (κ3) is 1.84. The first-order valence-electron chi connectivity index (χ1n) is 9.25. The summed E-state index contributed by atoms with van der Waals surface area (Å²) in [5.74, 6) is 2.27. The Labute approximate surface area is 133 Å². The molecule has 0 aromatic rings. The van der Waals surface area contributed by atoms with Gasteiger partial charge in [0.1, 0.15) is 5.78 Å². The van der Waals surface area contributed by atoms with Gasteiger partial charge in [-0.1, -0.05) is 13.8 Å². The van der Waals surface area contributed by atoms with Crippen molar-refractivity contribution in [3.8, 4) is 0 Å². The van der Waals surface area contributed by atoms with Gasteiger partial charge in [-0.05, 0) is 74.0 Å². The number of carbonyl (C=O) groups is 1. The van der Waals surface area contributed by atoms with Gasteiger partial charge in [0.15, 0.2) is 0 Å². The number of hydrogen-bond acceptors (Lipinski definition) is 3. The lowest BCUT2D eigenvalue weighted by Crippen LogP contribution is -2.59. The molecule has 0 amide bonds. The molecule has 0 aromatic heterocycles. The molecule has 4 saturated carbocycles. The Kier molecular flexibility index (Phi) is 3.30. The Balaban J connectivity index is 1.69. The minimum Gasteiger partial charge on any atom is -0.393 e. The van der Waals surface area contributed by atoms with Crippen LogP contribution in [0.1, 0.15) is 65.2 Å². The maximum Gasteiger partial charge on any atom is 0.139 e. The Hall–Kier alpha value is -0.410. The SMILES string of the molecule is C[C@]12CC[C@@H](O)C[C@H]1CC[C@H]1[C@H]2[C@@H](O)C[C@]2(C)C(=O)CC[C@@H]12. The first kappa shape index (κ1) is 15.1. The second kappa shape index (κ2) is 4.80. The number of ketones is 1. The normalized spacial score (nSPS) is 57.9. The molecule has 0 unspecified atom stereocenters. The molecule has 22 heavy (non-hydrogen) atoms. The molecule has 0 bridgehead atoms. The summed E-state index contributed by atoms with van der Waals surface area (Å²) < 4.78 is 0. The largest absolute Gasteiger partial charge is 0.393 e. The van der Waals surface area contributed by atoms with Gasteiger partial charge in [0.2, 0.25) is 0 Å². The van der Waals surface area contributed by atoms with Crippen LogP contribution in [0.2, 0.25) is 0 Å². The van der Waals surface area contributed by atoms with Crippen molar-refractivity contribution in [2.24, 2.45) is 34.5 Å². The van der Waals surface area contributed by atoms with E-state index in [9.17, 15) is 15.0 Å². The fourth-order valence-corrected chi connectivity index (χ4v) is 7.13. The molecule has 0 radical (unpaired) electrons. The zero-order valence-corrected chi connectivity index (χ0v) is 13.9. The molecule has 3 nitrogen and oxygen atoms in total. The molecule has 4 aliphatic carbocycles. The minimum absolute atomic E-state index is 0.145. The number of Topliss-reactive ketones (excluding diaryl/α,β-unsaturated/α-hetero) is 1. The summed E-state index contributed by atoms with van der Waals surface area (Å²) in [5, 5.41) is 21.0. The van der Waals surface area contributed by atoms with Gasteiger partial charge in [0.05, 0.1) is 12.2 Å². The van der Waals surface area contributed by atoms with Crippen molar-refractivity contribution in [1.29, 1.82) is 0 Å². The number of fused-ring (bicyclic) bond motifs is 5. The Bertz CT molecular complexity index is 489. The van der Waals surface area contributed by atoms with Crippen LogP contribution in [-0.2, 0) is 4.79 Å². The van der Waals surface area contributed by atoms with E-state index in [4.69, 9.17) is 0 Å². The number of rotatable bonds is 0. The van der Waals surface area contributed by atoms with Crippen LogP contribution in [0.5, 0.6) is 0 Å². The molecule has 4 fully saturated rings. The van der Waals surface area contributed by atoms with Crippen LogP contribution in [0, 0.1) is 34.5 Å². The zero-order valence-electron chi connectivity index (χ0n) is 13.9. The van der Waals surface area contributed by atoms with Crippen LogP contribution < -0.4 is 0 Å². The molecule has 0 heterocycles. The molecule has 4 rings (SSSR count). The lowest BCUT2D eigenvalue weighted by Gasteiger charge is -2.61. The van der Waals surface area contributed by atoms with Crippen LogP contribution in [0.15, 0.2) is 0 Å². The van der Waals surface area contributed by atoms with Gasteiger partial charge in [-0.15, -0.1) is 0 Å². The maximum absolute atomic E-state index is 12.4. The molecule has 3 heteroatoms. The summed E-state index contributed by atoms with van der Waals surface area (Å²) in [6.45, 7) is 4.48. The summed E-state index contributed by atoms with van der Waals surface area (Å²) >= 11 is 0. The highest BCUT2D eigenvalue weighted by molar-refractivity contribution is 5.87. The lowest BCUT2D eigenvalue weighted by atomic mass is 9.44. The van der Waals surface area contributed by atoms with Crippen molar-refractivity contribution in [3.05, 3.63) is 0 Å². The summed E-state index contributed by atoms with van der Waals surface area (Å²) in [4.78, 5) is 12.4. The van der Waals surface area contributed by atoms with Crippen LogP contribution in [0.25, 0.3) is 0 Å². The van der Waals surface area contributed by atoms with Gasteiger partial charge >= 0.3 is 0 Å². The second-order valence-corrected chi connectivity index (χ2v) is 9.16. The van der Waals surface area contributed by atoms with Crippen molar-refractivity contribution in [2.75, 3.05) is 0 Å². The Morgan fingerprint density at radius 2 is 1.86 bits per heavy atom.